The normalized spacial score (nSPS) is 14.3. The van der Waals surface area contributed by atoms with E-state index in [4.69, 9.17) is 70.1 Å². The average molecular weight is 1480 g/mol. The van der Waals surface area contributed by atoms with Gasteiger partial charge >= 0.3 is 69.3 Å². The summed E-state index contributed by atoms with van der Waals surface area (Å²) < 4.78 is 33.6. The van der Waals surface area contributed by atoms with E-state index < -0.39 is 66.7 Å². The molecule has 2 aliphatic heterocycles. The number of fused-ring (bicyclic) bond motifs is 2. The van der Waals surface area contributed by atoms with Gasteiger partial charge in [-0.1, -0.05) is 36.6 Å². The number of H-pyrrole nitrogens is 1. The first-order valence-corrected chi connectivity index (χ1v) is 29.4. The van der Waals surface area contributed by atoms with Gasteiger partial charge < -0.3 is 80.8 Å². The van der Waals surface area contributed by atoms with E-state index in [2.05, 4.69) is 104 Å². The van der Waals surface area contributed by atoms with Crippen molar-refractivity contribution >= 4 is 188 Å². The second-order valence-corrected chi connectivity index (χ2v) is 26.9. The Morgan fingerprint density at radius 1 is 0.798 bits per heavy atom. The Kier molecular flexibility index (Phi) is 50.4. The topological polar surface area (TPSA) is 386 Å². The number of aliphatic imine (C=N–C) groups is 2. The number of nitrogens with two attached hydrogens (primary N) is 2. The number of carboxylic acids is 3. The maximum Gasteiger partial charge on any atom is 1.00 e. The summed E-state index contributed by atoms with van der Waals surface area (Å²) in [5.74, 6) is -2.60. The van der Waals surface area contributed by atoms with Crippen molar-refractivity contribution < 1.29 is 115 Å². The number of alkyl halides is 1. The number of carbonyl (C=O) groups is 3. The number of pyridine rings is 5. The number of anilines is 1. The molecule has 23 nitrogen and oxygen atoms in total. The molecule has 0 spiro atoms. The summed E-state index contributed by atoms with van der Waals surface area (Å²) in [4.78, 5) is 66.9. The summed E-state index contributed by atoms with van der Waals surface area (Å²) in [5.41, 5.74) is 15.2. The number of aliphatic carboxylic acids is 3. The molecule has 9 heterocycles. The minimum absolute atomic E-state index is 0. The van der Waals surface area contributed by atoms with Crippen molar-refractivity contribution in [1.82, 2.24) is 34.9 Å². The van der Waals surface area contributed by atoms with E-state index in [-0.39, 0.29) is 116 Å². The van der Waals surface area contributed by atoms with Crippen molar-refractivity contribution in [3.05, 3.63) is 114 Å². The molecule has 9 rings (SSSR count). The number of rotatable bonds is 8. The summed E-state index contributed by atoms with van der Waals surface area (Å²) in [5, 5.41) is 56.2. The van der Waals surface area contributed by atoms with E-state index in [0.717, 1.165) is 21.1 Å². The maximum absolute atomic E-state index is 11.1. The maximum atomic E-state index is 11.1. The number of oxazole rings is 2. The number of thiocarbonyl (C=S) groups is 1. The van der Waals surface area contributed by atoms with E-state index in [1.807, 2.05) is 33.8 Å². The second kappa shape index (κ2) is 47.9. The molecule has 11 N–H and O–H groups in total. The smallest absolute Gasteiger partial charge is 0.506 e. The van der Waals surface area contributed by atoms with Gasteiger partial charge in [-0.25, -0.2) is 13.8 Å². The van der Waals surface area contributed by atoms with Crippen LogP contribution in [0.15, 0.2) is 111 Å². The summed E-state index contributed by atoms with van der Waals surface area (Å²) in [7, 11) is 6.36. The Labute approximate surface area is 614 Å². The van der Waals surface area contributed by atoms with Gasteiger partial charge in [-0.3, -0.25) is 44.1 Å². The summed E-state index contributed by atoms with van der Waals surface area (Å²) >= 11 is 25.8. The number of nitrogens with one attached hydrogen (secondary N) is 1. The predicted molar refractivity (Wildman–Crippen MR) is 372 cm³/mol. The predicted octanol–water partition coefficient (Wildman–Crippen LogP) is 10.1. The largest absolute Gasteiger partial charge is 1.00 e. The Hall–Kier alpha value is -3.94. The van der Waals surface area contributed by atoms with E-state index in [1.165, 1.54) is 54.4 Å². The second-order valence-electron chi connectivity index (χ2n) is 17.6. The standard InChI is InChI=1S/2C12H14N2O3S.C6H3ClN2O.C6H4N2OS.C5H6N2O.C5H11NO2S.C2H4S2.CH3F.4CH4.Cl2OS.ClH.K/c2*1-12(2)10(11(16)17)14-9(18-12)5-7-3-4-13-6-8(7)15;7-6-9-4-1-2-8-3-5(4)10-6;10-6-8-4-1-2-7-3-5(4)9-6;6-4-1-2-7-3-5(4)8;1-5(2,9)3(6)4(7)8;1-2(3)4;1-2;;;;;1-4(2)3;;/h2*3-4,6,10,15H,5H2,1-2H3,(H,16,17);1-3H;1-3H,(H,8,10);1-3,8H,(H2,6,7);3,9H,6H2,1-2H3,(H,7,8);1H3,(H,3,4);1H3;4*1H4;;1H;/q;;;;;;;;;;;;;;+1/p-1/i;;;;;;;1D;;;;;;;. The zero-order valence-corrected chi connectivity index (χ0v) is 58.2. The van der Waals surface area contributed by atoms with Gasteiger partial charge in [0.15, 0.2) is 29.0 Å². The van der Waals surface area contributed by atoms with Crippen LogP contribution in [0.25, 0.3) is 22.2 Å². The van der Waals surface area contributed by atoms with Crippen LogP contribution >= 0.6 is 106 Å². The molecule has 7 aromatic heterocycles. The Morgan fingerprint density at radius 2 is 1.16 bits per heavy atom. The Bertz CT molecular complexity index is 3210. The molecule has 0 amide bonds. The van der Waals surface area contributed by atoms with Crippen molar-refractivity contribution in [2.75, 3.05) is 12.9 Å². The minimum atomic E-state index is -1.67. The monoisotopic (exact) mass is 1480 g/mol. The van der Waals surface area contributed by atoms with Crippen LogP contribution in [0.3, 0.4) is 0 Å². The molecule has 3 atom stereocenters. The summed E-state index contributed by atoms with van der Waals surface area (Å²) in [6.45, 7) is 12.5. The third-order valence-electron chi connectivity index (χ3n) is 9.80. The first-order chi connectivity index (χ1) is 39.1. The number of aromatic nitrogens is 7. The van der Waals surface area contributed by atoms with E-state index in [1.54, 1.807) is 76.2 Å². The quantitative estimate of drug-likeness (QED) is 0.0222. The summed E-state index contributed by atoms with van der Waals surface area (Å²) in [6.07, 6.45) is 16.2. The Balaban J connectivity index is -0.000000229. The number of halogens is 5. The van der Waals surface area contributed by atoms with E-state index in [0.29, 0.717) is 49.9 Å². The molecule has 0 bridgehead atoms. The molecule has 0 aliphatic carbocycles. The number of nitrogens with zero attached hydrogens (tertiary/aromatic N) is 8. The number of hydrogen-bond donors (Lipinski definition) is 10. The molecule has 36 heteroatoms. The number of aromatic hydroxyl groups is 3. The van der Waals surface area contributed by atoms with Crippen LogP contribution < -0.4 is 62.9 Å². The molecule has 89 heavy (non-hydrogen) atoms. The number of thiol groups is 1. The van der Waals surface area contributed by atoms with Gasteiger partial charge in [0.2, 0.25) is 9.23 Å². The SMILES string of the molecule is C.C.C.C.CC(=S)[S-].CC(C)(S)C(N)C(=O)O.CC1(C)SC(Cc2ccncc2O)=NC1C(=O)O.CC1(C)SC(Cc2ccncc2O)=NC1C(=O)O.Cl.Clc1nc2ccncc2o1.Nc1ccncc1O.O=S(Cl)Cl.S=c1[nH]c2ccncc2o1.[2H]CF.[K+]. The number of carboxylic acid groups (broad SMARTS) is 3. The molecular formula is C53H75Cl4FKN11O12S7. The van der Waals surface area contributed by atoms with Crippen molar-refractivity contribution in [2.24, 2.45) is 15.7 Å². The Morgan fingerprint density at radius 3 is 1.46 bits per heavy atom. The average Bonchev–Trinajstić information content (AvgIpc) is 4.37. The van der Waals surface area contributed by atoms with Crippen molar-refractivity contribution in [3.8, 4) is 17.2 Å². The van der Waals surface area contributed by atoms with Gasteiger partial charge in [0.1, 0.15) is 23.1 Å². The molecule has 0 saturated carbocycles. The summed E-state index contributed by atoms with van der Waals surface area (Å²) in [6, 6.07) is 6.14. The van der Waals surface area contributed by atoms with Gasteiger partial charge in [0.05, 0.1) is 60.8 Å². The molecule has 0 aromatic carbocycles. The van der Waals surface area contributed by atoms with Gasteiger partial charge in [-0.15, -0.1) is 35.9 Å². The van der Waals surface area contributed by atoms with Crippen molar-refractivity contribution in [3.63, 3.8) is 0 Å². The van der Waals surface area contributed by atoms with Crippen LogP contribution in [0.5, 0.6) is 17.2 Å². The number of thioether (sulfide) groups is 2. The van der Waals surface area contributed by atoms with Crippen LogP contribution in [0.2, 0.25) is 5.35 Å². The van der Waals surface area contributed by atoms with Gasteiger partial charge in [0, 0.05) is 90.6 Å². The van der Waals surface area contributed by atoms with E-state index in [9.17, 15) is 29.0 Å². The van der Waals surface area contributed by atoms with E-state index >= 15 is 0 Å². The zero-order chi connectivity index (χ0) is 64.1. The zero-order valence-electron chi connectivity index (χ0n) is 47.2. The molecule has 492 valence electrons. The third kappa shape index (κ3) is 37.4. The first-order valence-electron chi connectivity index (χ1n) is 23.6. The molecule has 7 aromatic rings. The van der Waals surface area contributed by atoms with Crippen molar-refractivity contribution in [1.29, 1.82) is 0 Å². The van der Waals surface area contributed by atoms with Crippen LogP contribution in [0.1, 0.15) is 90.7 Å². The number of aromatic amines is 1. The molecule has 0 fully saturated rings. The molecule has 0 radical (unpaired) electrons. The fourth-order valence-corrected chi connectivity index (χ4v) is 8.95. The number of hydrogen-bond acceptors (Lipinski definition) is 25. The van der Waals surface area contributed by atoms with Crippen LogP contribution in [0, 0.1) is 4.84 Å². The van der Waals surface area contributed by atoms with Crippen molar-refractivity contribution in [2.45, 2.75) is 123 Å². The first kappa shape index (κ1) is 93.8. The minimum Gasteiger partial charge on any atom is -0.506 e. The molecule has 2 aliphatic rings. The van der Waals surface area contributed by atoms with Gasteiger partial charge in [0.25, 0.3) is 10.2 Å². The molecule has 0 saturated heterocycles. The fraction of sp³-hybridized carbons (Fsp3) is 0.377. The van der Waals surface area contributed by atoms with Gasteiger partial charge in [-0.2, -0.15) is 21.8 Å². The van der Waals surface area contributed by atoms with Crippen LogP contribution in [-0.2, 0) is 49.1 Å². The van der Waals surface area contributed by atoms with Gasteiger partial charge in [-0.05, 0) is 95.7 Å². The molecular weight excluding hydrogens is 1410 g/mol. The fourth-order valence-electron chi connectivity index (χ4n) is 5.94. The number of nitrogen functional groups attached to an aromatic ring is 1. The van der Waals surface area contributed by atoms with Crippen LogP contribution in [0.4, 0.5) is 10.1 Å². The third-order valence-corrected chi connectivity index (χ3v) is 12.9. The molecule has 3 unspecified atom stereocenters. The van der Waals surface area contributed by atoms with Crippen LogP contribution in [-0.4, -0.2) is 141 Å².